The van der Waals surface area contributed by atoms with Crippen LogP contribution in [0.2, 0.25) is 0 Å². The van der Waals surface area contributed by atoms with Gasteiger partial charge in [-0.25, -0.2) is 4.79 Å². The quantitative estimate of drug-likeness (QED) is 0.158. The Bertz CT molecular complexity index is 981. The van der Waals surface area contributed by atoms with Crippen molar-refractivity contribution in [3.63, 3.8) is 0 Å². The van der Waals surface area contributed by atoms with Crippen LogP contribution in [-0.4, -0.2) is 84.8 Å². The molecule has 0 spiro atoms. The topological polar surface area (TPSA) is 277 Å². The lowest BCUT2D eigenvalue weighted by atomic mass is 10.0. The highest BCUT2D eigenvalue weighted by atomic mass is 16.2. The fraction of sp³-hybridized carbons (Fsp3) is 0.526. The molecule has 17 nitrogen and oxygen atoms in total. The van der Waals surface area contributed by atoms with Crippen LogP contribution in [0.3, 0.4) is 0 Å². The lowest BCUT2D eigenvalue weighted by molar-refractivity contribution is -0.132. The van der Waals surface area contributed by atoms with Gasteiger partial charge in [-0.1, -0.05) is 0 Å². The minimum absolute atomic E-state index is 0.0505. The standard InChI is InChI=1S/C19H31N11O6/c1-7-13(31)26-8(2)14(32)28-11(6-25-19(22)36)16(34)30-12(10-3-4-23-18(21)29-10)17(35)24-5-9(20)15(33)27-7/h6-10,12H,3-5,20H2,1-2H3,(H,24,35)(H,26,31)(H,27,33)(H,28,32)(H,30,34)(H3,21,23,29)(H3,22,25,36)/b11-6-/t7-,8?,9+,10-,12?/m0/s1. The van der Waals surface area contributed by atoms with Crippen molar-refractivity contribution < 1.29 is 28.8 Å². The van der Waals surface area contributed by atoms with Crippen LogP contribution in [-0.2, 0) is 24.0 Å². The van der Waals surface area contributed by atoms with Crippen LogP contribution in [0.5, 0.6) is 0 Å². The van der Waals surface area contributed by atoms with E-state index < -0.39 is 71.5 Å². The molecule has 36 heavy (non-hydrogen) atoms. The third kappa shape index (κ3) is 7.83. The van der Waals surface area contributed by atoms with E-state index in [2.05, 4.69) is 42.2 Å². The summed E-state index contributed by atoms with van der Waals surface area (Å²) in [5.74, 6) is -3.92. The smallest absolute Gasteiger partial charge is 0.316 e. The molecular formula is C19H31N11O6. The first-order chi connectivity index (χ1) is 16.9. The molecule has 2 unspecified atom stereocenters. The number of nitrogens with one attached hydrogen (secondary N) is 7. The molecule has 0 aromatic carbocycles. The number of urea groups is 1. The van der Waals surface area contributed by atoms with Gasteiger partial charge in [-0.15, -0.1) is 0 Å². The van der Waals surface area contributed by atoms with Crippen LogP contribution >= 0.6 is 0 Å². The average Bonchev–Trinajstić information content (AvgIpc) is 2.81. The summed E-state index contributed by atoms with van der Waals surface area (Å²) < 4.78 is 0. The predicted octanol–water partition coefficient (Wildman–Crippen LogP) is -5.76. The van der Waals surface area contributed by atoms with Crippen molar-refractivity contribution in [3.05, 3.63) is 11.9 Å². The van der Waals surface area contributed by atoms with Gasteiger partial charge in [-0.05, 0) is 20.3 Å². The Morgan fingerprint density at radius 1 is 0.972 bits per heavy atom. The number of guanidine groups is 1. The van der Waals surface area contributed by atoms with E-state index in [0.29, 0.717) is 6.42 Å². The molecule has 2 heterocycles. The van der Waals surface area contributed by atoms with E-state index in [4.69, 9.17) is 17.2 Å². The number of rotatable bonds is 2. The van der Waals surface area contributed by atoms with Crippen LogP contribution < -0.4 is 54.4 Å². The van der Waals surface area contributed by atoms with Gasteiger partial charge in [0.25, 0.3) is 5.91 Å². The summed E-state index contributed by atoms with van der Waals surface area (Å²) in [5.41, 5.74) is 16.1. The zero-order valence-corrected chi connectivity index (χ0v) is 19.7. The molecule has 0 saturated carbocycles. The number of hydrogen-bond acceptors (Lipinski definition) is 10. The highest BCUT2D eigenvalue weighted by molar-refractivity contribution is 6.02. The van der Waals surface area contributed by atoms with E-state index in [-0.39, 0.29) is 19.0 Å². The van der Waals surface area contributed by atoms with Gasteiger partial charge in [0, 0.05) is 19.3 Å². The molecule has 1 saturated heterocycles. The molecule has 0 bridgehead atoms. The number of primary amides is 1. The Morgan fingerprint density at radius 3 is 2.25 bits per heavy atom. The summed E-state index contributed by atoms with van der Waals surface area (Å²) in [5, 5.41) is 16.9. The van der Waals surface area contributed by atoms with Crippen molar-refractivity contribution in [2.75, 3.05) is 13.1 Å². The van der Waals surface area contributed by atoms with Gasteiger partial charge in [0.1, 0.15) is 29.9 Å². The van der Waals surface area contributed by atoms with Crippen molar-refractivity contribution in [3.8, 4) is 0 Å². The largest absolute Gasteiger partial charge is 0.370 e. The SMILES string of the molecule is CC1NC(=O)[C@H](C)NC(=O)[C@H](N)CNC(=O)C([C@@H]2CCN=C(N)N2)NC(=O)/C(=C/NC(N)=O)NC1=O. The highest BCUT2D eigenvalue weighted by Crippen LogP contribution is 2.06. The predicted molar refractivity (Wildman–Crippen MR) is 125 cm³/mol. The minimum Gasteiger partial charge on any atom is -0.370 e. The zero-order valence-electron chi connectivity index (χ0n) is 19.7. The van der Waals surface area contributed by atoms with E-state index in [0.717, 1.165) is 6.20 Å². The van der Waals surface area contributed by atoms with Crippen LogP contribution in [0.1, 0.15) is 20.3 Å². The van der Waals surface area contributed by atoms with Crippen molar-refractivity contribution >= 4 is 41.5 Å². The van der Waals surface area contributed by atoms with Crippen LogP contribution in [0.15, 0.2) is 16.9 Å². The first-order valence-corrected chi connectivity index (χ1v) is 11.0. The Balaban J connectivity index is 2.41. The zero-order chi connectivity index (χ0) is 27.0. The van der Waals surface area contributed by atoms with E-state index in [1.54, 1.807) is 0 Å². The van der Waals surface area contributed by atoms with Gasteiger partial charge in [0.15, 0.2) is 5.96 Å². The monoisotopic (exact) mass is 509 g/mol. The Morgan fingerprint density at radius 2 is 1.61 bits per heavy atom. The molecule has 2 rings (SSSR count). The minimum atomic E-state index is -1.26. The summed E-state index contributed by atoms with van der Waals surface area (Å²) in [7, 11) is 0. The summed E-state index contributed by atoms with van der Waals surface area (Å²) in [6.07, 6.45) is 1.14. The molecule has 5 atom stereocenters. The number of amides is 7. The van der Waals surface area contributed by atoms with Crippen molar-refractivity contribution in [1.82, 2.24) is 37.2 Å². The average molecular weight is 510 g/mol. The first kappa shape index (κ1) is 27.8. The number of nitrogens with two attached hydrogens (primary N) is 3. The summed E-state index contributed by atoms with van der Waals surface area (Å²) in [4.78, 5) is 78.6. The lowest BCUT2D eigenvalue weighted by Crippen LogP contribution is -2.63. The molecule has 0 radical (unpaired) electrons. The molecule has 7 amide bonds. The second-order valence-corrected chi connectivity index (χ2v) is 8.13. The number of aliphatic imine (C=N–C) groups is 1. The number of nitrogens with zero attached hydrogens (tertiary/aromatic N) is 1. The highest BCUT2D eigenvalue weighted by Gasteiger charge is 2.34. The van der Waals surface area contributed by atoms with Gasteiger partial charge in [0.05, 0.1) is 6.04 Å². The Labute approximate surface area is 205 Å². The number of carbonyl (C=O) groups excluding carboxylic acids is 6. The van der Waals surface area contributed by atoms with Crippen molar-refractivity contribution in [2.24, 2.45) is 22.2 Å². The van der Waals surface area contributed by atoms with E-state index in [9.17, 15) is 28.8 Å². The van der Waals surface area contributed by atoms with Crippen LogP contribution in [0.25, 0.3) is 0 Å². The van der Waals surface area contributed by atoms with Crippen molar-refractivity contribution in [1.29, 1.82) is 0 Å². The summed E-state index contributed by atoms with van der Waals surface area (Å²) in [6, 6.07) is -6.47. The van der Waals surface area contributed by atoms with Crippen LogP contribution in [0.4, 0.5) is 4.79 Å². The molecule has 0 aromatic heterocycles. The van der Waals surface area contributed by atoms with E-state index in [1.807, 2.05) is 0 Å². The second-order valence-electron chi connectivity index (χ2n) is 8.13. The normalized spacial score (nSPS) is 30.0. The maximum atomic E-state index is 13.1. The number of carbonyl (C=O) groups is 6. The Hall–Kier alpha value is -4.41. The molecule has 198 valence electrons. The second kappa shape index (κ2) is 12.3. The number of hydrogen-bond donors (Lipinski definition) is 10. The van der Waals surface area contributed by atoms with Gasteiger partial charge >= 0.3 is 6.03 Å². The van der Waals surface area contributed by atoms with Gasteiger partial charge in [-0.2, -0.15) is 0 Å². The van der Waals surface area contributed by atoms with E-state index in [1.165, 1.54) is 13.8 Å². The molecule has 2 aliphatic heterocycles. The van der Waals surface area contributed by atoms with Crippen molar-refractivity contribution in [2.45, 2.75) is 50.5 Å². The third-order valence-electron chi connectivity index (χ3n) is 5.23. The molecule has 0 aliphatic carbocycles. The molecule has 17 heteroatoms. The van der Waals surface area contributed by atoms with E-state index >= 15 is 0 Å². The van der Waals surface area contributed by atoms with Gasteiger partial charge < -0.3 is 54.4 Å². The molecule has 2 aliphatic rings. The fourth-order valence-electron chi connectivity index (χ4n) is 3.20. The first-order valence-electron chi connectivity index (χ1n) is 11.0. The van der Waals surface area contributed by atoms with Crippen LogP contribution in [0, 0.1) is 0 Å². The van der Waals surface area contributed by atoms with Gasteiger partial charge in [-0.3, -0.25) is 29.0 Å². The molecule has 13 N–H and O–H groups in total. The fourth-order valence-corrected chi connectivity index (χ4v) is 3.20. The maximum absolute atomic E-state index is 13.1. The lowest BCUT2D eigenvalue weighted by Gasteiger charge is -2.31. The van der Waals surface area contributed by atoms with Gasteiger partial charge in [0.2, 0.25) is 23.6 Å². The summed E-state index contributed by atoms with van der Waals surface area (Å²) in [6.45, 7) is 2.65. The molecule has 0 aromatic rings. The molecular weight excluding hydrogens is 478 g/mol. The third-order valence-corrected chi connectivity index (χ3v) is 5.23. The Kier molecular flexibility index (Phi) is 9.54. The molecule has 1 fully saturated rings. The summed E-state index contributed by atoms with van der Waals surface area (Å²) >= 11 is 0. The maximum Gasteiger partial charge on any atom is 0.316 e.